The molecule has 3 aromatic rings. The molecule has 1 amide bonds. The van der Waals surface area contributed by atoms with Crippen molar-refractivity contribution in [2.45, 2.75) is 26.3 Å². The Labute approximate surface area is 187 Å². The van der Waals surface area contributed by atoms with Gasteiger partial charge < -0.3 is 9.80 Å². The number of piperazine rings is 1. The van der Waals surface area contributed by atoms with Crippen molar-refractivity contribution in [3.63, 3.8) is 0 Å². The van der Waals surface area contributed by atoms with Crippen LogP contribution in [0.3, 0.4) is 0 Å². The van der Waals surface area contributed by atoms with E-state index in [-0.39, 0.29) is 23.5 Å². The van der Waals surface area contributed by atoms with E-state index in [0.29, 0.717) is 38.3 Å². The minimum absolute atomic E-state index is 0.0456. The molecule has 0 spiro atoms. The van der Waals surface area contributed by atoms with Gasteiger partial charge in [-0.3, -0.25) is 9.48 Å². The van der Waals surface area contributed by atoms with Crippen molar-refractivity contribution >= 4 is 32.3 Å². The number of fused-ring (bicyclic) bond motifs is 1. The molecule has 2 aliphatic rings. The number of rotatable bonds is 3. The lowest BCUT2D eigenvalue weighted by Gasteiger charge is -2.36. The van der Waals surface area contributed by atoms with Crippen molar-refractivity contribution in [3.05, 3.63) is 53.5 Å². The van der Waals surface area contributed by atoms with Crippen molar-refractivity contribution in [2.75, 3.05) is 42.6 Å². The van der Waals surface area contributed by atoms with E-state index in [4.69, 9.17) is 0 Å². The van der Waals surface area contributed by atoms with Gasteiger partial charge in [0, 0.05) is 31.6 Å². The Balaban J connectivity index is 1.30. The Bertz CT molecular complexity index is 1290. The molecule has 0 radical (unpaired) electrons. The van der Waals surface area contributed by atoms with Gasteiger partial charge in [0.25, 0.3) is 5.91 Å². The molecule has 0 saturated carbocycles. The first-order chi connectivity index (χ1) is 15.3. The maximum atomic E-state index is 13.0. The molecule has 32 heavy (non-hydrogen) atoms. The molecule has 1 unspecified atom stereocenters. The SMILES string of the molecule is Cc1nn(C2CCS(=O)(=O)C2)c(C)c1N1CCN(C(=O)c2ccc3ccccc3n2)CC1. The molecule has 0 aliphatic carbocycles. The highest BCUT2D eigenvalue weighted by molar-refractivity contribution is 7.91. The summed E-state index contributed by atoms with van der Waals surface area (Å²) in [7, 11) is -2.97. The molecule has 4 heterocycles. The lowest BCUT2D eigenvalue weighted by atomic mass is 10.2. The number of hydrogen-bond acceptors (Lipinski definition) is 6. The highest BCUT2D eigenvalue weighted by Gasteiger charge is 2.33. The fourth-order valence-electron chi connectivity index (χ4n) is 4.92. The third kappa shape index (κ3) is 3.74. The Hall–Kier alpha value is -2.94. The molecular formula is C23H27N5O3S. The average Bonchev–Trinajstić information content (AvgIpc) is 3.30. The molecular weight excluding hydrogens is 426 g/mol. The van der Waals surface area contributed by atoms with E-state index in [1.54, 1.807) is 6.07 Å². The maximum absolute atomic E-state index is 13.0. The number of amides is 1. The normalized spacial score (nSPS) is 20.8. The summed E-state index contributed by atoms with van der Waals surface area (Å²) in [6, 6.07) is 11.4. The summed E-state index contributed by atoms with van der Waals surface area (Å²) in [4.78, 5) is 21.7. The summed E-state index contributed by atoms with van der Waals surface area (Å²) in [5.74, 6) is 0.348. The molecule has 168 valence electrons. The molecule has 0 bridgehead atoms. The summed E-state index contributed by atoms with van der Waals surface area (Å²) < 4.78 is 25.7. The van der Waals surface area contributed by atoms with Crippen LogP contribution in [-0.2, 0) is 9.84 Å². The molecule has 2 fully saturated rings. The van der Waals surface area contributed by atoms with Crippen molar-refractivity contribution in [2.24, 2.45) is 0 Å². The first-order valence-corrected chi connectivity index (χ1v) is 12.8. The van der Waals surface area contributed by atoms with Crippen LogP contribution in [0.1, 0.15) is 34.3 Å². The van der Waals surface area contributed by atoms with E-state index < -0.39 is 9.84 Å². The highest BCUT2D eigenvalue weighted by atomic mass is 32.2. The lowest BCUT2D eigenvalue weighted by molar-refractivity contribution is 0.0741. The van der Waals surface area contributed by atoms with Crippen LogP contribution in [0.25, 0.3) is 10.9 Å². The van der Waals surface area contributed by atoms with Gasteiger partial charge in [-0.05, 0) is 32.4 Å². The van der Waals surface area contributed by atoms with Crippen LogP contribution in [0.5, 0.6) is 0 Å². The van der Waals surface area contributed by atoms with Crippen LogP contribution in [-0.4, -0.2) is 71.7 Å². The number of anilines is 1. The first-order valence-electron chi connectivity index (χ1n) is 11.0. The summed E-state index contributed by atoms with van der Waals surface area (Å²) >= 11 is 0. The number of para-hydroxylation sites is 1. The van der Waals surface area contributed by atoms with Gasteiger partial charge in [0.1, 0.15) is 5.69 Å². The van der Waals surface area contributed by atoms with E-state index >= 15 is 0 Å². The van der Waals surface area contributed by atoms with Gasteiger partial charge in [-0.2, -0.15) is 5.10 Å². The molecule has 2 aromatic heterocycles. The van der Waals surface area contributed by atoms with Gasteiger partial charge >= 0.3 is 0 Å². The van der Waals surface area contributed by atoms with Crippen molar-refractivity contribution in [1.82, 2.24) is 19.7 Å². The molecule has 2 aliphatic heterocycles. The van der Waals surface area contributed by atoms with E-state index in [1.807, 2.05) is 53.8 Å². The minimum Gasteiger partial charge on any atom is -0.365 e. The predicted molar refractivity (Wildman–Crippen MR) is 124 cm³/mol. The number of sulfone groups is 1. The Morgan fingerprint density at radius 2 is 1.78 bits per heavy atom. The summed E-state index contributed by atoms with van der Waals surface area (Å²) in [5, 5.41) is 5.70. The molecule has 5 rings (SSSR count). The van der Waals surface area contributed by atoms with E-state index in [1.165, 1.54) is 0 Å². The minimum atomic E-state index is -2.97. The topological polar surface area (TPSA) is 88.4 Å². The van der Waals surface area contributed by atoms with E-state index in [2.05, 4.69) is 15.0 Å². The number of aromatic nitrogens is 3. The predicted octanol–water partition coefficient (Wildman–Crippen LogP) is 2.37. The summed E-state index contributed by atoms with van der Waals surface area (Å²) in [6.07, 6.45) is 0.616. The van der Waals surface area contributed by atoms with Crippen LogP contribution in [0.15, 0.2) is 36.4 Å². The summed E-state index contributed by atoms with van der Waals surface area (Å²) in [5.41, 5.74) is 4.26. The zero-order chi connectivity index (χ0) is 22.5. The first kappa shape index (κ1) is 20.9. The molecule has 1 atom stereocenters. The smallest absolute Gasteiger partial charge is 0.272 e. The second kappa shape index (κ2) is 7.88. The van der Waals surface area contributed by atoms with Gasteiger partial charge in [-0.1, -0.05) is 24.3 Å². The second-order valence-corrected chi connectivity index (χ2v) is 10.9. The van der Waals surface area contributed by atoms with Gasteiger partial charge in [-0.15, -0.1) is 0 Å². The number of benzene rings is 1. The Kier molecular flexibility index (Phi) is 5.16. The number of carbonyl (C=O) groups excluding carboxylic acids is 1. The van der Waals surface area contributed by atoms with Gasteiger partial charge in [0.2, 0.25) is 0 Å². The monoisotopic (exact) mass is 453 g/mol. The number of nitrogens with zero attached hydrogens (tertiary/aromatic N) is 5. The van der Waals surface area contributed by atoms with Crippen LogP contribution in [0, 0.1) is 13.8 Å². The van der Waals surface area contributed by atoms with Crippen molar-refractivity contribution in [3.8, 4) is 0 Å². The molecule has 1 aromatic carbocycles. The quantitative estimate of drug-likeness (QED) is 0.605. The van der Waals surface area contributed by atoms with Gasteiger partial charge in [0.05, 0.1) is 40.1 Å². The van der Waals surface area contributed by atoms with E-state index in [9.17, 15) is 13.2 Å². The van der Waals surface area contributed by atoms with Crippen LogP contribution >= 0.6 is 0 Å². The number of pyridine rings is 1. The second-order valence-electron chi connectivity index (χ2n) is 8.69. The van der Waals surface area contributed by atoms with Crippen LogP contribution < -0.4 is 4.90 Å². The Morgan fingerprint density at radius 3 is 2.50 bits per heavy atom. The van der Waals surface area contributed by atoms with Gasteiger partial charge in [-0.25, -0.2) is 13.4 Å². The van der Waals surface area contributed by atoms with E-state index in [0.717, 1.165) is 28.0 Å². The fraction of sp³-hybridized carbons (Fsp3) is 0.435. The molecule has 0 N–H and O–H groups in total. The fourth-order valence-corrected chi connectivity index (χ4v) is 6.61. The number of hydrogen-bond donors (Lipinski definition) is 0. The van der Waals surface area contributed by atoms with Crippen LogP contribution in [0.4, 0.5) is 5.69 Å². The highest BCUT2D eigenvalue weighted by Crippen LogP contribution is 2.31. The van der Waals surface area contributed by atoms with Crippen molar-refractivity contribution < 1.29 is 13.2 Å². The zero-order valence-corrected chi connectivity index (χ0v) is 19.2. The largest absolute Gasteiger partial charge is 0.365 e. The molecule has 2 saturated heterocycles. The third-order valence-corrected chi connectivity index (χ3v) is 8.29. The standard InChI is InChI=1S/C23H27N5O3S/c1-16-22(17(2)28(25-16)19-9-14-32(30,31)15-19)26-10-12-27(13-11-26)23(29)21-8-7-18-5-3-4-6-20(18)24-21/h3-8,19H,9-15H2,1-2H3. The number of aryl methyl sites for hydroxylation is 1. The third-order valence-electron chi connectivity index (χ3n) is 6.54. The average molecular weight is 454 g/mol. The maximum Gasteiger partial charge on any atom is 0.272 e. The molecule has 9 heteroatoms. The number of carbonyl (C=O) groups is 1. The van der Waals surface area contributed by atoms with Crippen LogP contribution in [0.2, 0.25) is 0 Å². The van der Waals surface area contributed by atoms with Gasteiger partial charge in [0.15, 0.2) is 9.84 Å². The zero-order valence-electron chi connectivity index (χ0n) is 18.4. The molecule has 8 nitrogen and oxygen atoms in total. The lowest BCUT2D eigenvalue weighted by Crippen LogP contribution is -2.49. The van der Waals surface area contributed by atoms with Crippen molar-refractivity contribution in [1.29, 1.82) is 0 Å². The Morgan fingerprint density at radius 1 is 1.03 bits per heavy atom. The summed E-state index contributed by atoms with van der Waals surface area (Å²) in [6.45, 7) is 6.60.